The van der Waals surface area contributed by atoms with Crippen LogP contribution in [0, 0.1) is 0 Å². The summed E-state index contributed by atoms with van der Waals surface area (Å²) in [6, 6.07) is 14.7. The van der Waals surface area contributed by atoms with Gasteiger partial charge >= 0.3 is 0 Å². The predicted molar refractivity (Wildman–Crippen MR) is 130 cm³/mol. The number of nitrogens with zero attached hydrogens (tertiary/aromatic N) is 3. The van der Waals surface area contributed by atoms with Crippen molar-refractivity contribution in [3.63, 3.8) is 0 Å². The van der Waals surface area contributed by atoms with Crippen LogP contribution in [-0.4, -0.2) is 49.2 Å². The summed E-state index contributed by atoms with van der Waals surface area (Å²) in [5, 5.41) is 3.01. The van der Waals surface area contributed by atoms with Crippen LogP contribution in [-0.2, 0) is 19.4 Å². The molecule has 3 aromatic rings. The fourth-order valence-corrected chi connectivity index (χ4v) is 4.24. The summed E-state index contributed by atoms with van der Waals surface area (Å²) in [7, 11) is 4.87. The van der Waals surface area contributed by atoms with Gasteiger partial charge in [0.05, 0.1) is 14.2 Å². The van der Waals surface area contributed by atoms with Crippen molar-refractivity contribution in [2.45, 2.75) is 32.2 Å². The second-order valence-electron chi connectivity index (χ2n) is 8.23. The largest absolute Gasteiger partial charge is 0.493 e. The van der Waals surface area contributed by atoms with E-state index in [1.807, 2.05) is 41.0 Å². The molecule has 34 heavy (non-hydrogen) atoms. The predicted octanol–water partition coefficient (Wildman–Crippen LogP) is 3.49. The molecule has 0 radical (unpaired) electrons. The van der Waals surface area contributed by atoms with Crippen LogP contribution in [0.1, 0.15) is 45.1 Å². The van der Waals surface area contributed by atoms with Crippen molar-refractivity contribution in [2.75, 3.05) is 32.7 Å². The molecule has 1 aromatic heterocycles. The van der Waals surface area contributed by atoms with Gasteiger partial charge < -0.3 is 19.4 Å². The monoisotopic (exact) mass is 462 g/mol. The fourth-order valence-electron chi connectivity index (χ4n) is 4.24. The minimum Gasteiger partial charge on any atom is -0.493 e. The number of ether oxygens (including phenoxy) is 2. The highest BCUT2D eigenvalue weighted by Crippen LogP contribution is 2.28. The van der Waals surface area contributed by atoms with E-state index in [1.54, 1.807) is 33.4 Å². The third-order valence-electron chi connectivity index (χ3n) is 6.07. The minimum absolute atomic E-state index is 0.199. The number of anilines is 1. The van der Waals surface area contributed by atoms with Crippen LogP contribution in [0.5, 0.6) is 11.5 Å². The van der Waals surface area contributed by atoms with E-state index in [9.17, 15) is 9.59 Å². The average molecular weight is 463 g/mol. The first kappa shape index (κ1) is 23.4. The standard InChI is InChI=1S/C26H30N4O4/c1-29(26(32)19-9-5-4-6-10-19)24-23(30-16-8-7-11-22(30)28-24)25(31)27-15-14-18-12-13-20(33-2)21(17-18)34-3/h4-6,9-10,12-13,17H,7-8,11,14-16H2,1-3H3,(H,27,31). The lowest BCUT2D eigenvalue weighted by molar-refractivity contribution is 0.0944. The van der Waals surface area contributed by atoms with Gasteiger partial charge in [-0.2, -0.15) is 0 Å². The van der Waals surface area contributed by atoms with Gasteiger partial charge in [-0.1, -0.05) is 24.3 Å². The number of carbonyl (C=O) groups is 2. The van der Waals surface area contributed by atoms with Gasteiger partial charge in [0.1, 0.15) is 5.82 Å². The van der Waals surface area contributed by atoms with E-state index in [0.29, 0.717) is 48.1 Å². The maximum absolute atomic E-state index is 13.3. The number of aryl methyl sites for hydroxylation is 1. The summed E-state index contributed by atoms with van der Waals surface area (Å²) in [6.07, 6.45) is 3.42. The zero-order valence-electron chi connectivity index (χ0n) is 19.8. The van der Waals surface area contributed by atoms with E-state index in [1.165, 1.54) is 4.90 Å². The Hall–Kier alpha value is -3.81. The van der Waals surface area contributed by atoms with Crippen LogP contribution in [0.4, 0.5) is 5.82 Å². The van der Waals surface area contributed by atoms with E-state index in [0.717, 1.165) is 30.7 Å². The van der Waals surface area contributed by atoms with E-state index in [2.05, 4.69) is 5.32 Å². The summed E-state index contributed by atoms with van der Waals surface area (Å²) in [6.45, 7) is 1.15. The van der Waals surface area contributed by atoms with E-state index in [-0.39, 0.29) is 11.8 Å². The van der Waals surface area contributed by atoms with Crippen molar-refractivity contribution in [3.8, 4) is 11.5 Å². The Labute approximate surface area is 199 Å². The fraction of sp³-hybridized carbons (Fsp3) is 0.346. The maximum Gasteiger partial charge on any atom is 0.271 e. The Balaban J connectivity index is 1.53. The first-order valence-corrected chi connectivity index (χ1v) is 11.4. The van der Waals surface area contributed by atoms with Crippen LogP contribution in [0.2, 0.25) is 0 Å². The molecule has 8 heteroatoms. The smallest absolute Gasteiger partial charge is 0.271 e. The van der Waals surface area contributed by atoms with Gasteiger partial charge in [0.25, 0.3) is 11.8 Å². The molecule has 0 spiro atoms. The number of amides is 2. The summed E-state index contributed by atoms with van der Waals surface area (Å²) >= 11 is 0. The van der Waals surface area contributed by atoms with Gasteiger partial charge in [-0.05, 0) is 49.1 Å². The molecule has 0 bridgehead atoms. The number of imidazole rings is 1. The second kappa shape index (κ2) is 10.4. The highest BCUT2D eigenvalue weighted by Gasteiger charge is 2.29. The highest BCUT2D eigenvalue weighted by molar-refractivity contribution is 6.09. The molecule has 0 atom stereocenters. The van der Waals surface area contributed by atoms with Gasteiger partial charge in [-0.15, -0.1) is 0 Å². The summed E-state index contributed by atoms with van der Waals surface area (Å²) in [4.78, 5) is 32.6. The van der Waals surface area contributed by atoms with Crippen molar-refractivity contribution in [1.29, 1.82) is 0 Å². The molecule has 1 N–H and O–H groups in total. The second-order valence-corrected chi connectivity index (χ2v) is 8.23. The lowest BCUT2D eigenvalue weighted by atomic mass is 10.1. The molecule has 0 saturated heterocycles. The van der Waals surface area contributed by atoms with E-state index < -0.39 is 0 Å². The van der Waals surface area contributed by atoms with Gasteiger partial charge in [0.2, 0.25) is 0 Å². The van der Waals surface area contributed by atoms with Gasteiger partial charge in [-0.25, -0.2) is 4.98 Å². The van der Waals surface area contributed by atoms with Crippen molar-refractivity contribution in [2.24, 2.45) is 0 Å². The summed E-state index contributed by atoms with van der Waals surface area (Å²) in [5.74, 6) is 2.13. The quantitative estimate of drug-likeness (QED) is 0.554. The Kier molecular flexibility index (Phi) is 7.15. The molecule has 2 aromatic carbocycles. The molecule has 2 heterocycles. The molecular formula is C26H30N4O4. The van der Waals surface area contributed by atoms with E-state index >= 15 is 0 Å². The molecule has 8 nitrogen and oxygen atoms in total. The lowest BCUT2D eigenvalue weighted by Crippen LogP contribution is -2.33. The molecule has 0 saturated carbocycles. The Morgan fingerprint density at radius 2 is 1.82 bits per heavy atom. The number of benzene rings is 2. The Morgan fingerprint density at radius 3 is 2.56 bits per heavy atom. The van der Waals surface area contributed by atoms with Crippen LogP contribution in [0.15, 0.2) is 48.5 Å². The zero-order chi connectivity index (χ0) is 24.1. The number of rotatable bonds is 8. The first-order chi connectivity index (χ1) is 16.5. The number of aromatic nitrogens is 2. The molecule has 0 unspecified atom stereocenters. The van der Waals surface area contributed by atoms with Gasteiger partial charge in [0, 0.05) is 32.1 Å². The Bertz CT molecular complexity index is 1170. The zero-order valence-corrected chi connectivity index (χ0v) is 19.8. The number of fused-ring (bicyclic) bond motifs is 1. The third-order valence-corrected chi connectivity index (χ3v) is 6.07. The Morgan fingerprint density at radius 1 is 1.06 bits per heavy atom. The number of methoxy groups -OCH3 is 2. The van der Waals surface area contributed by atoms with Crippen molar-refractivity contribution in [1.82, 2.24) is 14.9 Å². The topological polar surface area (TPSA) is 85.7 Å². The number of hydrogen-bond acceptors (Lipinski definition) is 5. The van der Waals surface area contributed by atoms with Crippen molar-refractivity contribution < 1.29 is 19.1 Å². The van der Waals surface area contributed by atoms with Crippen LogP contribution < -0.4 is 19.7 Å². The minimum atomic E-state index is -0.233. The molecule has 0 fully saturated rings. The summed E-state index contributed by atoms with van der Waals surface area (Å²) < 4.78 is 12.6. The van der Waals surface area contributed by atoms with Crippen LogP contribution in [0.3, 0.4) is 0 Å². The average Bonchev–Trinajstić information content (AvgIpc) is 3.28. The molecule has 0 aliphatic carbocycles. The first-order valence-electron chi connectivity index (χ1n) is 11.4. The van der Waals surface area contributed by atoms with Crippen molar-refractivity contribution in [3.05, 3.63) is 71.2 Å². The van der Waals surface area contributed by atoms with E-state index in [4.69, 9.17) is 14.5 Å². The van der Waals surface area contributed by atoms with Crippen LogP contribution in [0.25, 0.3) is 0 Å². The molecule has 4 rings (SSSR count). The van der Waals surface area contributed by atoms with Crippen molar-refractivity contribution >= 4 is 17.6 Å². The number of hydrogen-bond donors (Lipinski definition) is 1. The summed E-state index contributed by atoms with van der Waals surface area (Å²) in [5.41, 5.74) is 2.01. The SMILES string of the molecule is COc1ccc(CCNC(=O)c2c(N(C)C(=O)c3ccccc3)nc3n2CCCC3)cc1OC. The van der Waals surface area contributed by atoms with Crippen LogP contribution >= 0.6 is 0 Å². The number of carbonyl (C=O) groups excluding carboxylic acids is 2. The normalized spacial score (nSPS) is 12.6. The number of nitrogens with one attached hydrogen (secondary N) is 1. The van der Waals surface area contributed by atoms with Gasteiger partial charge in [-0.3, -0.25) is 14.5 Å². The lowest BCUT2D eigenvalue weighted by Gasteiger charge is -2.19. The molecule has 178 valence electrons. The molecule has 2 amide bonds. The van der Waals surface area contributed by atoms with Gasteiger partial charge in [0.15, 0.2) is 23.0 Å². The molecule has 1 aliphatic rings. The molecule has 1 aliphatic heterocycles. The molecular weight excluding hydrogens is 432 g/mol. The third kappa shape index (κ3) is 4.76. The highest BCUT2D eigenvalue weighted by atomic mass is 16.5. The maximum atomic E-state index is 13.3.